The Hall–Kier alpha value is -2.41. The third-order valence-electron chi connectivity index (χ3n) is 6.41. The predicted octanol–water partition coefficient (Wildman–Crippen LogP) is 5.28. The van der Waals surface area contributed by atoms with Gasteiger partial charge in [-0.05, 0) is 50.2 Å². The fraction of sp³-hybridized carbons (Fsp3) is 0.481. The molecule has 4 rings (SSSR count). The molecular weight excluding hydrogens is 448 g/mol. The second-order valence-corrected chi connectivity index (χ2v) is 9.51. The van der Waals surface area contributed by atoms with Crippen LogP contribution in [0.3, 0.4) is 0 Å². The first-order valence-electron chi connectivity index (χ1n) is 12.3. The second kappa shape index (κ2) is 11.8. The van der Waals surface area contributed by atoms with Crippen LogP contribution in [0.15, 0.2) is 47.5 Å². The number of ketones is 1. The molecule has 0 unspecified atom stereocenters. The van der Waals surface area contributed by atoms with E-state index in [0.29, 0.717) is 24.6 Å². The molecule has 0 bridgehead atoms. The number of aliphatic imine (C=N–C) groups is 1. The molecule has 2 aromatic rings. The van der Waals surface area contributed by atoms with Crippen LogP contribution in [-0.4, -0.2) is 74.4 Å². The van der Waals surface area contributed by atoms with Crippen molar-refractivity contribution in [2.75, 3.05) is 57.9 Å². The zero-order valence-electron chi connectivity index (χ0n) is 20.3. The maximum Gasteiger partial charge on any atom is 0.152 e. The minimum atomic E-state index is 0.192. The average Bonchev–Trinajstić information content (AvgIpc) is 2.97. The molecule has 6 nitrogen and oxygen atoms in total. The number of piperazine rings is 1. The number of carbonyl (C=O) groups is 1. The van der Waals surface area contributed by atoms with Gasteiger partial charge in [0.15, 0.2) is 5.78 Å². The number of carbonyl (C=O) groups excluding carboxylic acids is 1. The molecule has 34 heavy (non-hydrogen) atoms. The van der Waals surface area contributed by atoms with Gasteiger partial charge in [0.1, 0.15) is 5.84 Å². The van der Waals surface area contributed by atoms with Crippen molar-refractivity contribution >= 4 is 40.3 Å². The third kappa shape index (κ3) is 5.98. The summed E-state index contributed by atoms with van der Waals surface area (Å²) in [5, 5.41) is 0.640. The molecule has 1 saturated heterocycles. The van der Waals surface area contributed by atoms with E-state index in [1.165, 1.54) is 0 Å². The van der Waals surface area contributed by atoms with E-state index in [2.05, 4.69) is 40.8 Å². The SMILES string of the molecule is CCCCOCCCC(=O)CN1c2ccc(Cl)cc2N=C(N2CCN(C)CC2)c2ccccc21. The van der Waals surface area contributed by atoms with E-state index >= 15 is 0 Å². The number of rotatable bonds is 9. The molecule has 1 fully saturated rings. The molecule has 0 aliphatic carbocycles. The van der Waals surface area contributed by atoms with Crippen LogP contribution >= 0.6 is 11.6 Å². The normalized spacial score (nSPS) is 16.0. The van der Waals surface area contributed by atoms with Crippen LogP contribution in [0.2, 0.25) is 5.02 Å². The number of halogens is 1. The Morgan fingerprint density at radius 3 is 2.59 bits per heavy atom. The summed E-state index contributed by atoms with van der Waals surface area (Å²) in [6.07, 6.45) is 3.43. The Balaban J connectivity index is 1.60. The first-order chi connectivity index (χ1) is 16.6. The topological polar surface area (TPSA) is 48.4 Å². The predicted molar refractivity (Wildman–Crippen MR) is 140 cm³/mol. The van der Waals surface area contributed by atoms with Gasteiger partial charge in [-0.1, -0.05) is 37.1 Å². The number of amidine groups is 1. The monoisotopic (exact) mass is 482 g/mol. The number of para-hydroxylation sites is 1. The largest absolute Gasteiger partial charge is 0.381 e. The quantitative estimate of drug-likeness (QED) is 0.455. The second-order valence-electron chi connectivity index (χ2n) is 9.07. The van der Waals surface area contributed by atoms with Crippen LogP contribution in [0.1, 0.15) is 38.2 Å². The molecule has 0 N–H and O–H groups in total. The summed E-state index contributed by atoms with van der Waals surface area (Å²) in [6, 6.07) is 14.0. The first-order valence-corrected chi connectivity index (χ1v) is 12.7. The third-order valence-corrected chi connectivity index (χ3v) is 6.65. The van der Waals surface area contributed by atoms with Gasteiger partial charge in [-0.2, -0.15) is 0 Å². The van der Waals surface area contributed by atoms with Gasteiger partial charge in [0.2, 0.25) is 0 Å². The van der Waals surface area contributed by atoms with Crippen LogP contribution in [0, 0.1) is 0 Å². The minimum absolute atomic E-state index is 0.192. The molecule has 2 aliphatic rings. The molecular formula is C27H35ClN4O2. The van der Waals surface area contributed by atoms with Crippen molar-refractivity contribution in [1.82, 2.24) is 9.80 Å². The first kappa shape index (κ1) is 24.7. The van der Waals surface area contributed by atoms with Gasteiger partial charge in [-0.25, -0.2) is 4.99 Å². The summed E-state index contributed by atoms with van der Waals surface area (Å²) in [5.74, 6) is 1.14. The van der Waals surface area contributed by atoms with Gasteiger partial charge in [-0.3, -0.25) is 4.79 Å². The van der Waals surface area contributed by atoms with Crippen molar-refractivity contribution in [3.8, 4) is 0 Å². The number of hydrogen-bond donors (Lipinski definition) is 0. The highest BCUT2D eigenvalue weighted by Gasteiger charge is 2.28. The summed E-state index contributed by atoms with van der Waals surface area (Å²) in [6.45, 7) is 7.66. The Labute approximate surface area is 208 Å². The van der Waals surface area contributed by atoms with Crippen LogP contribution in [0.5, 0.6) is 0 Å². The van der Waals surface area contributed by atoms with E-state index < -0.39 is 0 Å². The Bertz CT molecular complexity index is 1020. The van der Waals surface area contributed by atoms with E-state index in [9.17, 15) is 4.79 Å². The van der Waals surface area contributed by atoms with Crippen LogP contribution in [-0.2, 0) is 9.53 Å². The van der Waals surface area contributed by atoms with Crippen LogP contribution in [0.25, 0.3) is 0 Å². The summed E-state index contributed by atoms with van der Waals surface area (Å²) in [5.41, 5.74) is 3.77. The van der Waals surface area contributed by atoms with Gasteiger partial charge in [0.25, 0.3) is 0 Å². The molecule has 0 spiro atoms. The van der Waals surface area contributed by atoms with E-state index in [0.717, 1.165) is 80.5 Å². The highest BCUT2D eigenvalue weighted by Crippen LogP contribution is 2.41. The van der Waals surface area contributed by atoms with Gasteiger partial charge in [0, 0.05) is 56.4 Å². The minimum Gasteiger partial charge on any atom is -0.381 e. The highest BCUT2D eigenvalue weighted by atomic mass is 35.5. The Kier molecular flexibility index (Phi) is 8.59. The molecule has 7 heteroatoms. The molecule has 0 atom stereocenters. The molecule has 0 saturated carbocycles. The highest BCUT2D eigenvalue weighted by molar-refractivity contribution is 6.31. The number of fused-ring (bicyclic) bond motifs is 2. The average molecular weight is 483 g/mol. The molecule has 0 amide bonds. The lowest BCUT2D eigenvalue weighted by atomic mass is 10.1. The lowest BCUT2D eigenvalue weighted by molar-refractivity contribution is -0.118. The standard InChI is InChI=1S/C27H35ClN4O2/c1-3-4-17-34-18-7-8-22(33)20-32-25-10-6-5-9-23(25)27(31-15-13-30(2)14-16-31)29-24-19-21(28)11-12-26(24)32/h5-6,9-12,19H,3-4,7-8,13-18,20H2,1-2H3. The molecule has 2 aliphatic heterocycles. The van der Waals surface area contributed by atoms with Gasteiger partial charge in [-0.15, -0.1) is 0 Å². The Morgan fingerprint density at radius 1 is 1.03 bits per heavy atom. The van der Waals surface area contributed by atoms with E-state index in [4.69, 9.17) is 21.3 Å². The number of ether oxygens (including phenoxy) is 1. The van der Waals surface area contributed by atoms with Crippen molar-refractivity contribution in [2.45, 2.75) is 32.6 Å². The smallest absolute Gasteiger partial charge is 0.152 e. The maximum absolute atomic E-state index is 13.0. The van der Waals surface area contributed by atoms with Crippen LogP contribution < -0.4 is 4.90 Å². The van der Waals surface area contributed by atoms with Crippen molar-refractivity contribution in [3.05, 3.63) is 53.1 Å². The van der Waals surface area contributed by atoms with E-state index in [1.807, 2.05) is 30.3 Å². The van der Waals surface area contributed by atoms with Gasteiger partial charge < -0.3 is 19.4 Å². The zero-order valence-corrected chi connectivity index (χ0v) is 21.1. The maximum atomic E-state index is 13.0. The number of nitrogens with zero attached hydrogens (tertiary/aromatic N) is 4. The van der Waals surface area contributed by atoms with Crippen molar-refractivity contribution in [2.24, 2.45) is 4.99 Å². The molecule has 2 aromatic carbocycles. The fourth-order valence-electron chi connectivity index (χ4n) is 4.42. The molecule has 0 aromatic heterocycles. The molecule has 182 valence electrons. The zero-order chi connectivity index (χ0) is 23.9. The van der Waals surface area contributed by atoms with Gasteiger partial charge >= 0.3 is 0 Å². The number of unbranched alkanes of at least 4 members (excludes halogenated alkanes) is 1. The molecule has 2 heterocycles. The van der Waals surface area contributed by atoms with E-state index in [-0.39, 0.29) is 5.78 Å². The Morgan fingerprint density at radius 2 is 1.79 bits per heavy atom. The van der Waals surface area contributed by atoms with Gasteiger partial charge in [0.05, 0.1) is 23.6 Å². The summed E-state index contributed by atoms with van der Waals surface area (Å²) < 4.78 is 5.64. The number of anilines is 2. The van der Waals surface area contributed by atoms with E-state index in [1.54, 1.807) is 0 Å². The molecule has 0 radical (unpaired) electrons. The lowest BCUT2D eigenvalue weighted by Crippen LogP contribution is -2.47. The number of Topliss-reactive ketones (excluding diaryl/α,β-unsaturated/α-hetero) is 1. The summed E-state index contributed by atoms with van der Waals surface area (Å²) in [7, 11) is 2.15. The van der Waals surface area contributed by atoms with Crippen LogP contribution in [0.4, 0.5) is 17.1 Å². The van der Waals surface area contributed by atoms with Crippen molar-refractivity contribution < 1.29 is 9.53 Å². The number of benzene rings is 2. The summed E-state index contributed by atoms with van der Waals surface area (Å²) >= 11 is 6.38. The number of likely N-dealkylation sites (N-methyl/N-ethyl adjacent to an activating group) is 1. The number of hydrogen-bond acceptors (Lipinski definition) is 6. The fourth-order valence-corrected chi connectivity index (χ4v) is 4.59. The van der Waals surface area contributed by atoms with Crippen molar-refractivity contribution in [3.63, 3.8) is 0 Å². The van der Waals surface area contributed by atoms with Crippen molar-refractivity contribution in [1.29, 1.82) is 0 Å². The lowest BCUT2D eigenvalue weighted by Gasteiger charge is -2.35. The summed E-state index contributed by atoms with van der Waals surface area (Å²) in [4.78, 5) is 24.9.